The van der Waals surface area contributed by atoms with Crippen LogP contribution in [0.1, 0.15) is 40.1 Å². The number of halogens is 1. The van der Waals surface area contributed by atoms with Crippen LogP contribution in [-0.4, -0.2) is 30.3 Å². The Kier molecular flexibility index (Phi) is 5.41. The van der Waals surface area contributed by atoms with Crippen LogP contribution in [-0.2, 0) is 9.47 Å². The predicted octanol–water partition coefficient (Wildman–Crippen LogP) is 3.86. The molecule has 2 aromatic rings. The van der Waals surface area contributed by atoms with Gasteiger partial charge in [-0.25, -0.2) is 14.0 Å². The summed E-state index contributed by atoms with van der Waals surface area (Å²) in [5, 5.41) is 10.2. The molecule has 0 aliphatic carbocycles. The molecule has 25 heavy (non-hydrogen) atoms. The van der Waals surface area contributed by atoms with E-state index in [-0.39, 0.29) is 22.3 Å². The topological polar surface area (TPSA) is 72.8 Å². The number of aromatic hydroxyl groups is 1. The van der Waals surface area contributed by atoms with E-state index < -0.39 is 29.6 Å². The van der Waals surface area contributed by atoms with Crippen LogP contribution >= 0.6 is 0 Å². The van der Waals surface area contributed by atoms with Gasteiger partial charge in [-0.15, -0.1) is 0 Å². The number of esters is 2. The van der Waals surface area contributed by atoms with Crippen LogP contribution in [0, 0.1) is 12.7 Å². The van der Waals surface area contributed by atoms with Gasteiger partial charge in [0.15, 0.2) is 0 Å². The molecule has 132 valence electrons. The zero-order chi connectivity index (χ0) is 18.7. The van der Waals surface area contributed by atoms with Gasteiger partial charge < -0.3 is 14.6 Å². The summed E-state index contributed by atoms with van der Waals surface area (Å²) in [6.45, 7) is 4.93. The smallest absolute Gasteiger partial charge is 0.342 e. The molecule has 0 saturated heterocycles. The third-order valence-electron chi connectivity index (χ3n) is 3.58. The predicted molar refractivity (Wildman–Crippen MR) is 90.1 cm³/mol. The third-order valence-corrected chi connectivity index (χ3v) is 3.58. The molecule has 0 atom stereocenters. The van der Waals surface area contributed by atoms with Gasteiger partial charge in [0.1, 0.15) is 17.1 Å². The highest BCUT2D eigenvalue weighted by Crippen LogP contribution is 2.38. The Labute approximate surface area is 145 Å². The summed E-state index contributed by atoms with van der Waals surface area (Å²) in [6, 6.07) is 6.93. The SMILES string of the molecule is COC(=O)c1c(O)cc(C)c(C(=O)OC(C)C)c1-c1ccccc1F. The maximum Gasteiger partial charge on any atom is 0.342 e. The Hall–Kier alpha value is -2.89. The molecule has 0 unspecified atom stereocenters. The van der Waals surface area contributed by atoms with Crippen LogP contribution in [0.3, 0.4) is 0 Å². The molecule has 0 amide bonds. The Morgan fingerprint density at radius 3 is 2.32 bits per heavy atom. The van der Waals surface area contributed by atoms with Crippen LogP contribution in [0.25, 0.3) is 11.1 Å². The summed E-state index contributed by atoms with van der Waals surface area (Å²) in [7, 11) is 1.14. The van der Waals surface area contributed by atoms with E-state index in [9.17, 15) is 19.1 Å². The van der Waals surface area contributed by atoms with Gasteiger partial charge in [-0.2, -0.15) is 0 Å². The highest BCUT2D eigenvalue weighted by molar-refractivity contribution is 6.08. The van der Waals surface area contributed by atoms with E-state index in [0.717, 1.165) is 7.11 Å². The fourth-order valence-electron chi connectivity index (χ4n) is 2.58. The van der Waals surface area contributed by atoms with E-state index in [0.29, 0.717) is 5.56 Å². The number of phenolic OH excluding ortho intramolecular Hbond substituents is 1. The zero-order valence-corrected chi connectivity index (χ0v) is 14.4. The van der Waals surface area contributed by atoms with Crippen molar-refractivity contribution in [2.24, 2.45) is 0 Å². The number of phenols is 1. The highest BCUT2D eigenvalue weighted by Gasteiger charge is 2.29. The van der Waals surface area contributed by atoms with Crippen LogP contribution in [0.2, 0.25) is 0 Å². The maximum atomic E-state index is 14.4. The molecule has 0 bridgehead atoms. The second-order valence-corrected chi connectivity index (χ2v) is 5.76. The van der Waals surface area contributed by atoms with E-state index in [2.05, 4.69) is 0 Å². The molecule has 0 heterocycles. The van der Waals surface area contributed by atoms with Crippen LogP contribution in [0.15, 0.2) is 30.3 Å². The second-order valence-electron chi connectivity index (χ2n) is 5.76. The average Bonchev–Trinajstić information content (AvgIpc) is 2.53. The van der Waals surface area contributed by atoms with E-state index in [1.165, 1.54) is 24.3 Å². The van der Waals surface area contributed by atoms with Gasteiger partial charge in [0.25, 0.3) is 0 Å². The number of carbonyl (C=O) groups excluding carboxylic acids is 2. The van der Waals surface area contributed by atoms with Crippen molar-refractivity contribution in [1.82, 2.24) is 0 Å². The highest BCUT2D eigenvalue weighted by atomic mass is 19.1. The van der Waals surface area contributed by atoms with Gasteiger partial charge in [-0.05, 0) is 38.5 Å². The standard InChI is InChI=1S/C19H19FO5/c1-10(2)25-19(23)15-11(3)9-14(21)17(18(22)24-4)16(15)12-7-5-6-8-13(12)20/h5-10,21H,1-4H3. The zero-order valence-electron chi connectivity index (χ0n) is 14.4. The van der Waals surface area contributed by atoms with E-state index in [1.54, 1.807) is 26.8 Å². The molecule has 6 heteroatoms. The van der Waals surface area contributed by atoms with Crippen molar-refractivity contribution in [2.45, 2.75) is 26.9 Å². The maximum absolute atomic E-state index is 14.4. The third kappa shape index (κ3) is 3.63. The fraction of sp³-hybridized carbons (Fsp3) is 0.263. The van der Waals surface area contributed by atoms with Gasteiger partial charge in [-0.3, -0.25) is 0 Å². The van der Waals surface area contributed by atoms with Gasteiger partial charge in [-0.1, -0.05) is 18.2 Å². The second kappa shape index (κ2) is 7.34. The van der Waals surface area contributed by atoms with E-state index in [4.69, 9.17) is 9.47 Å². The lowest BCUT2D eigenvalue weighted by Gasteiger charge is -2.18. The Bertz CT molecular complexity index is 827. The fourth-order valence-corrected chi connectivity index (χ4v) is 2.58. The minimum Gasteiger partial charge on any atom is -0.507 e. The first kappa shape index (κ1) is 18.4. The number of benzene rings is 2. The minimum atomic E-state index is -0.880. The summed E-state index contributed by atoms with van der Waals surface area (Å²) in [6.07, 6.45) is -0.407. The summed E-state index contributed by atoms with van der Waals surface area (Å²) in [4.78, 5) is 24.8. The quantitative estimate of drug-likeness (QED) is 0.851. The minimum absolute atomic E-state index is 0.00222. The normalized spacial score (nSPS) is 10.6. The largest absolute Gasteiger partial charge is 0.507 e. The molecule has 5 nitrogen and oxygen atoms in total. The molecular weight excluding hydrogens is 327 g/mol. The van der Waals surface area contributed by atoms with Crippen molar-refractivity contribution in [3.8, 4) is 16.9 Å². The number of methoxy groups -OCH3 is 1. The lowest BCUT2D eigenvalue weighted by molar-refractivity contribution is 0.0378. The first-order valence-corrected chi connectivity index (χ1v) is 7.68. The van der Waals surface area contributed by atoms with Crippen LogP contribution in [0.5, 0.6) is 5.75 Å². The number of hydrogen-bond acceptors (Lipinski definition) is 5. The Balaban J connectivity index is 2.90. The molecular formula is C19H19FO5. The van der Waals surface area contributed by atoms with Crippen LogP contribution in [0.4, 0.5) is 4.39 Å². The first-order valence-electron chi connectivity index (χ1n) is 7.68. The van der Waals surface area contributed by atoms with Crippen molar-refractivity contribution >= 4 is 11.9 Å². The number of hydrogen-bond donors (Lipinski definition) is 1. The molecule has 0 spiro atoms. The summed E-state index contributed by atoms with van der Waals surface area (Å²) >= 11 is 0. The lowest BCUT2D eigenvalue weighted by atomic mass is 9.90. The number of rotatable bonds is 4. The molecule has 0 aliphatic rings. The lowest BCUT2D eigenvalue weighted by Crippen LogP contribution is -2.17. The molecule has 1 N–H and O–H groups in total. The molecule has 0 fully saturated rings. The average molecular weight is 346 g/mol. The monoisotopic (exact) mass is 346 g/mol. The van der Waals surface area contributed by atoms with Crippen molar-refractivity contribution in [3.05, 3.63) is 52.8 Å². The van der Waals surface area contributed by atoms with E-state index >= 15 is 0 Å². The number of aryl methyl sites for hydroxylation is 1. The van der Waals surface area contributed by atoms with Gasteiger partial charge in [0, 0.05) is 11.1 Å². The number of carbonyl (C=O) groups is 2. The molecule has 2 rings (SSSR count). The van der Waals surface area contributed by atoms with Gasteiger partial charge >= 0.3 is 11.9 Å². The van der Waals surface area contributed by atoms with Crippen molar-refractivity contribution < 1.29 is 28.6 Å². The van der Waals surface area contributed by atoms with Gasteiger partial charge in [0.05, 0.1) is 18.8 Å². The molecule has 0 saturated carbocycles. The Morgan fingerprint density at radius 1 is 1.12 bits per heavy atom. The molecule has 0 aliphatic heterocycles. The summed E-state index contributed by atoms with van der Waals surface area (Å²) in [5.74, 6) is -2.63. The van der Waals surface area contributed by atoms with E-state index in [1.807, 2.05) is 0 Å². The summed E-state index contributed by atoms with van der Waals surface area (Å²) in [5.41, 5.74) is 0.0330. The van der Waals surface area contributed by atoms with Gasteiger partial charge in [0.2, 0.25) is 0 Å². The summed E-state index contributed by atoms with van der Waals surface area (Å²) < 4.78 is 24.3. The Morgan fingerprint density at radius 2 is 1.76 bits per heavy atom. The van der Waals surface area contributed by atoms with Crippen molar-refractivity contribution in [3.63, 3.8) is 0 Å². The molecule has 0 aromatic heterocycles. The van der Waals surface area contributed by atoms with Crippen molar-refractivity contribution in [1.29, 1.82) is 0 Å². The molecule has 0 radical (unpaired) electrons. The first-order chi connectivity index (χ1) is 11.8. The van der Waals surface area contributed by atoms with Crippen molar-refractivity contribution in [2.75, 3.05) is 7.11 Å². The number of ether oxygens (including phenoxy) is 2. The molecule has 2 aromatic carbocycles. The van der Waals surface area contributed by atoms with Crippen LogP contribution < -0.4 is 0 Å².